The number of benzene rings is 1. The van der Waals surface area contributed by atoms with Gasteiger partial charge in [0.1, 0.15) is 0 Å². The van der Waals surface area contributed by atoms with Crippen LogP contribution >= 0.6 is 6.64 Å². The Morgan fingerprint density at radius 2 is 1.78 bits per heavy atom. The van der Waals surface area contributed by atoms with Crippen LogP contribution in [0.15, 0.2) is 18.2 Å². The van der Waals surface area contributed by atoms with Gasteiger partial charge >= 0.3 is 0 Å². The Morgan fingerprint density at radius 3 is 2.30 bits per heavy atom. The second-order valence-electron chi connectivity index (χ2n) is 6.56. The van der Waals surface area contributed by atoms with Gasteiger partial charge in [0.25, 0.3) is 6.64 Å². The Hall–Kier alpha value is -0.650. The molecule has 1 heterocycles. The first-order valence-electron chi connectivity index (χ1n) is 7.76. The zero-order valence-corrected chi connectivity index (χ0v) is 16.3. The lowest BCUT2D eigenvalue weighted by Crippen LogP contribution is -2.36. The SMILES string of the molecule is COP(=S)(Nc1cc(C(C)(C)C)ccc1N1CCOCC1)OC. The third-order valence-electron chi connectivity index (χ3n) is 3.95. The van der Waals surface area contributed by atoms with Crippen molar-refractivity contribution in [2.45, 2.75) is 26.2 Å². The number of nitrogens with zero attached hydrogens (tertiary/aromatic N) is 1. The van der Waals surface area contributed by atoms with Gasteiger partial charge in [0.05, 0.1) is 24.6 Å². The molecule has 1 aliphatic rings. The number of anilines is 2. The predicted molar refractivity (Wildman–Crippen MR) is 100 cm³/mol. The van der Waals surface area contributed by atoms with Gasteiger partial charge in [0, 0.05) is 27.3 Å². The normalized spacial score (nSPS) is 16.5. The minimum absolute atomic E-state index is 0.0582. The van der Waals surface area contributed by atoms with Crippen LogP contribution in [0.25, 0.3) is 0 Å². The molecule has 0 spiro atoms. The van der Waals surface area contributed by atoms with Gasteiger partial charge in [-0.1, -0.05) is 26.8 Å². The van der Waals surface area contributed by atoms with E-state index in [4.69, 9.17) is 25.6 Å². The highest BCUT2D eigenvalue weighted by Gasteiger charge is 2.23. The van der Waals surface area contributed by atoms with Gasteiger partial charge in [-0.3, -0.25) is 0 Å². The van der Waals surface area contributed by atoms with E-state index < -0.39 is 6.64 Å². The zero-order chi connectivity index (χ0) is 17.1. The summed E-state index contributed by atoms with van der Waals surface area (Å²) >= 11 is 5.50. The summed E-state index contributed by atoms with van der Waals surface area (Å²) in [6.07, 6.45) is 0. The number of rotatable bonds is 5. The highest BCUT2D eigenvalue weighted by atomic mass is 32.5. The van der Waals surface area contributed by atoms with Crippen molar-refractivity contribution in [3.05, 3.63) is 23.8 Å². The monoisotopic (exact) mass is 358 g/mol. The quantitative estimate of drug-likeness (QED) is 0.809. The number of nitrogens with one attached hydrogen (secondary N) is 1. The molecule has 0 aromatic heterocycles. The van der Waals surface area contributed by atoms with Crippen LogP contribution in [0.4, 0.5) is 11.4 Å². The maximum Gasteiger partial charge on any atom is 0.287 e. The van der Waals surface area contributed by atoms with Crippen LogP contribution in [0.3, 0.4) is 0 Å². The molecular weight excluding hydrogens is 331 g/mol. The molecule has 1 aromatic rings. The highest BCUT2D eigenvalue weighted by molar-refractivity contribution is 8.10. The zero-order valence-electron chi connectivity index (χ0n) is 14.6. The van der Waals surface area contributed by atoms with Gasteiger partial charge in [0.15, 0.2) is 0 Å². The van der Waals surface area contributed by atoms with E-state index in [1.807, 2.05) is 0 Å². The molecule has 0 atom stereocenters. The van der Waals surface area contributed by atoms with Crippen molar-refractivity contribution in [2.24, 2.45) is 0 Å². The summed E-state index contributed by atoms with van der Waals surface area (Å²) < 4.78 is 16.3. The molecule has 0 aliphatic carbocycles. The van der Waals surface area contributed by atoms with Gasteiger partial charge < -0.3 is 23.8 Å². The Balaban J connectivity index is 2.42. The van der Waals surface area contributed by atoms with Crippen LogP contribution < -0.4 is 9.99 Å². The molecule has 130 valence electrons. The Morgan fingerprint density at radius 1 is 1.17 bits per heavy atom. The molecule has 1 aliphatic heterocycles. The van der Waals surface area contributed by atoms with Crippen molar-refractivity contribution in [3.8, 4) is 0 Å². The van der Waals surface area contributed by atoms with E-state index in [9.17, 15) is 0 Å². The Labute approximate surface area is 144 Å². The minimum atomic E-state index is -2.53. The van der Waals surface area contributed by atoms with E-state index in [0.717, 1.165) is 37.7 Å². The maximum atomic E-state index is 5.50. The van der Waals surface area contributed by atoms with Gasteiger partial charge in [-0.25, -0.2) is 0 Å². The fourth-order valence-corrected chi connectivity index (χ4v) is 3.59. The molecule has 5 nitrogen and oxygen atoms in total. The van der Waals surface area contributed by atoms with E-state index in [1.165, 1.54) is 5.56 Å². The molecular formula is C16H27N2O3PS. The smallest absolute Gasteiger partial charge is 0.287 e. The number of hydrogen-bond donors (Lipinski definition) is 1. The molecule has 0 amide bonds. The average molecular weight is 358 g/mol. The third kappa shape index (κ3) is 4.68. The lowest BCUT2D eigenvalue weighted by Gasteiger charge is -2.33. The molecule has 1 fully saturated rings. The fourth-order valence-electron chi connectivity index (χ4n) is 2.49. The summed E-state index contributed by atoms with van der Waals surface area (Å²) in [6, 6.07) is 6.49. The second-order valence-corrected chi connectivity index (χ2v) is 9.95. The van der Waals surface area contributed by atoms with E-state index >= 15 is 0 Å². The van der Waals surface area contributed by atoms with Crippen molar-refractivity contribution < 1.29 is 13.8 Å². The van der Waals surface area contributed by atoms with Crippen LogP contribution in [0.2, 0.25) is 0 Å². The van der Waals surface area contributed by atoms with Gasteiger partial charge in [-0.15, -0.1) is 0 Å². The van der Waals surface area contributed by atoms with Gasteiger partial charge in [-0.05, 0) is 34.9 Å². The lowest BCUT2D eigenvalue weighted by molar-refractivity contribution is 0.123. The van der Waals surface area contributed by atoms with Gasteiger partial charge in [0.2, 0.25) is 0 Å². The largest absolute Gasteiger partial charge is 0.378 e. The van der Waals surface area contributed by atoms with Crippen molar-refractivity contribution in [3.63, 3.8) is 0 Å². The summed E-state index contributed by atoms with van der Waals surface area (Å²) in [6.45, 7) is 7.28. The molecule has 1 N–H and O–H groups in total. The van der Waals surface area contributed by atoms with Crippen LogP contribution in [0, 0.1) is 0 Å². The standard InChI is InChI=1S/C16H27N2O3PS/c1-16(2,3)13-6-7-15(18-8-10-21-11-9-18)14(12-13)17-22(23,19-4)20-5/h6-7,12H,8-11H2,1-5H3,(H,17,23). The van der Waals surface area contributed by atoms with Crippen molar-refractivity contribution in [1.29, 1.82) is 0 Å². The van der Waals surface area contributed by atoms with Crippen LogP contribution in [0.5, 0.6) is 0 Å². The summed E-state index contributed by atoms with van der Waals surface area (Å²) in [7, 11) is 3.17. The van der Waals surface area contributed by atoms with Crippen molar-refractivity contribution >= 4 is 29.8 Å². The number of hydrogen-bond acceptors (Lipinski definition) is 5. The van der Waals surface area contributed by atoms with E-state index in [0.29, 0.717) is 0 Å². The molecule has 0 saturated carbocycles. The Bertz CT molecular complexity index is 575. The van der Waals surface area contributed by atoms with Gasteiger partial charge in [-0.2, -0.15) is 0 Å². The molecule has 2 rings (SSSR count). The number of morpholine rings is 1. The Kier molecular flexibility index (Phi) is 6.09. The van der Waals surface area contributed by atoms with Crippen LogP contribution in [-0.2, 0) is 31.0 Å². The van der Waals surface area contributed by atoms with E-state index in [-0.39, 0.29) is 5.41 Å². The summed E-state index contributed by atoms with van der Waals surface area (Å²) in [5, 5.41) is 3.33. The topological polar surface area (TPSA) is 43.0 Å². The molecule has 0 radical (unpaired) electrons. The van der Waals surface area contributed by atoms with Crippen molar-refractivity contribution in [1.82, 2.24) is 0 Å². The van der Waals surface area contributed by atoms with E-state index in [1.54, 1.807) is 14.2 Å². The minimum Gasteiger partial charge on any atom is -0.378 e. The summed E-state index contributed by atoms with van der Waals surface area (Å²) in [5.74, 6) is 0. The number of ether oxygens (including phenoxy) is 1. The molecule has 0 bridgehead atoms. The first-order valence-corrected chi connectivity index (χ1v) is 10.4. The third-order valence-corrected chi connectivity index (χ3v) is 6.60. The van der Waals surface area contributed by atoms with E-state index in [2.05, 4.69) is 49.0 Å². The summed E-state index contributed by atoms with van der Waals surface area (Å²) in [4.78, 5) is 2.31. The highest BCUT2D eigenvalue weighted by Crippen LogP contribution is 2.49. The fraction of sp³-hybridized carbons (Fsp3) is 0.625. The lowest BCUT2D eigenvalue weighted by atomic mass is 9.86. The molecule has 1 aromatic carbocycles. The second kappa shape index (κ2) is 7.49. The van der Waals surface area contributed by atoms with Crippen molar-refractivity contribution in [2.75, 3.05) is 50.5 Å². The van der Waals surface area contributed by atoms with Crippen LogP contribution in [0.1, 0.15) is 26.3 Å². The molecule has 0 unspecified atom stereocenters. The average Bonchev–Trinajstić information content (AvgIpc) is 2.54. The molecule has 23 heavy (non-hydrogen) atoms. The maximum absolute atomic E-state index is 5.50. The summed E-state index contributed by atoms with van der Waals surface area (Å²) in [5.41, 5.74) is 3.38. The molecule has 1 saturated heterocycles. The first-order chi connectivity index (χ1) is 10.8. The predicted octanol–water partition coefficient (Wildman–Crippen LogP) is 3.75. The molecule has 7 heteroatoms. The first kappa shape index (κ1) is 18.7. The van der Waals surface area contributed by atoms with Crippen LogP contribution in [-0.4, -0.2) is 40.5 Å².